The molecule has 0 radical (unpaired) electrons. The predicted octanol–water partition coefficient (Wildman–Crippen LogP) is 2.92. The average molecular weight is 201 g/mol. The topological polar surface area (TPSA) is 12.5 Å². The van der Waals surface area contributed by atoms with Crippen LogP contribution in [0.2, 0.25) is 0 Å². The molecular weight excluding hydrogens is 174 g/mol. The fraction of sp³-hybridized carbons (Fsp3) is 1.00. The van der Waals surface area contributed by atoms with E-state index in [1.54, 1.807) is 0 Å². The molecule has 0 atom stereocenters. The van der Waals surface area contributed by atoms with E-state index in [1.165, 1.54) is 19.4 Å². The first-order valence-corrected chi connectivity index (χ1v) is 5.78. The number of hydrogen-bond acceptors (Lipinski definition) is 2. The summed E-state index contributed by atoms with van der Waals surface area (Å²) in [7, 11) is 2.19. The lowest BCUT2D eigenvalue weighted by molar-refractivity contribution is -0.00629. The summed E-state index contributed by atoms with van der Waals surface area (Å²) in [6.07, 6.45) is 3.72. The number of hydrogen-bond donors (Lipinski definition) is 0. The zero-order valence-corrected chi connectivity index (χ0v) is 10.6. The van der Waals surface area contributed by atoms with Gasteiger partial charge < -0.3 is 9.64 Å². The molecule has 14 heavy (non-hydrogen) atoms. The van der Waals surface area contributed by atoms with Crippen molar-refractivity contribution in [3.63, 3.8) is 0 Å². The molecule has 0 aliphatic rings. The third-order valence-corrected chi connectivity index (χ3v) is 2.11. The summed E-state index contributed by atoms with van der Waals surface area (Å²) in [5, 5.41) is 0. The number of rotatable bonds is 7. The van der Waals surface area contributed by atoms with E-state index in [9.17, 15) is 0 Å². The van der Waals surface area contributed by atoms with Gasteiger partial charge in [0.05, 0.1) is 5.60 Å². The highest BCUT2D eigenvalue weighted by atomic mass is 16.5. The van der Waals surface area contributed by atoms with Gasteiger partial charge in [0.2, 0.25) is 0 Å². The average Bonchev–Trinajstić information content (AvgIpc) is 2.07. The summed E-state index contributed by atoms with van der Waals surface area (Å²) in [5.41, 5.74) is 0.0159. The summed E-state index contributed by atoms with van der Waals surface area (Å²) in [4.78, 5) is 2.38. The van der Waals surface area contributed by atoms with Gasteiger partial charge in [-0.3, -0.25) is 0 Å². The molecule has 0 aromatic carbocycles. The third-order valence-electron chi connectivity index (χ3n) is 2.11. The van der Waals surface area contributed by atoms with Crippen molar-refractivity contribution in [3.8, 4) is 0 Å². The molecule has 0 fully saturated rings. The molecule has 0 saturated carbocycles. The number of unbranched alkanes of at least 4 members (excludes halogenated alkanes) is 1. The van der Waals surface area contributed by atoms with E-state index in [1.807, 2.05) is 0 Å². The van der Waals surface area contributed by atoms with Gasteiger partial charge in [0.25, 0.3) is 0 Å². The van der Waals surface area contributed by atoms with Crippen LogP contribution >= 0.6 is 0 Å². The van der Waals surface area contributed by atoms with Crippen LogP contribution in [0.25, 0.3) is 0 Å². The predicted molar refractivity (Wildman–Crippen MR) is 62.7 cm³/mol. The number of ether oxygens (including phenoxy) is 1. The molecule has 0 aliphatic carbocycles. The summed E-state index contributed by atoms with van der Waals surface area (Å²) in [5.74, 6) is 0. The normalized spacial score (nSPS) is 12.4. The lowest BCUT2D eigenvalue weighted by Crippen LogP contribution is -2.25. The summed E-state index contributed by atoms with van der Waals surface area (Å²) in [6.45, 7) is 11.8. The lowest BCUT2D eigenvalue weighted by Gasteiger charge is -2.21. The van der Waals surface area contributed by atoms with Crippen LogP contribution in [0.1, 0.15) is 47.0 Å². The van der Waals surface area contributed by atoms with Gasteiger partial charge in [-0.05, 0) is 47.2 Å². The van der Waals surface area contributed by atoms with E-state index >= 15 is 0 Å². The minimum atomic E-state index is 0.0159. The highest BCUT2D eigenvalue weighted by Crippen LogP contribution is 2.06. The molecule has 0 aromatic rings. The summed E-state index contributed by atoms with van der Waals surface area (Å²) < 4.78 is 5.66. The Bertz CT molecular complexity index is 129. The van der Waals surface area contributed by atoms with Crippen LogP contribution in [-0.4, -0.2) is 37.2 Å². The smallest absolute Gasteiger partial charge is 0.0598 e. The SMILES string of the molecule is CCCCN(C)CCCOC(C)(C)C. The molecule has 0 rings (SSSR count). The molecule has 2 nitrogen and oxygen atoms in total. The van der Waals surface area contributed by atoms with Crippen LogP contribution in [0.4, 0.5) is 0 Å². The van der Waals surface area contributed by atoms with E-state index < -0.39 is 0 Å². The van der Waals surface area contributed by atoms with Crippen molar-refractivity contribution in [2.24, 2.45) is 0 Å². The first-order chi connectivity index (χ1) is 6.45. The molecule has 0 bridgehead atoms. The second kappa shape index (κ2) is 7.24. The largest absolute Gasteiger partial charge is 0.376 e. The third kappa shape index (κ3) is 10.0. The number of nitrogens with zero attached hydrogens (tertiary/aromatic N) is 1. The molecule has 2 heteroatoms. The van der Waals surface area contributed by atoms with Gasteiger partial charge in [-0.1, -0.05) is 13.3 Å². The summed E-state index contributed by atoms with van der Waals surface area (Å²) >= 11 is 0. The monoisotopic (exact) mass is 201 g/mol. The maximum absolute atomic E-state index is 5.66. The van der Waals surface area contributed by atoms with Crippen molar-refractivity contribution in [2.45, 2.75) is 52.6 Å². The van der Waals surface area contributed by atoms with Crippen molar-refractivity contribution in [2.75, 3.05) is 26.7 Å². The second-order valence-electron chi connectivity index (χ2n) is 4.97. The van der Waals surface area contributed by atoms with Crippen molar-refractivity contribution in [3.05, 3.63) is 0 Å². The van der Waals surface area contributed by atoms with Crippen molar-refractivity contribution < 1.29 is 4.74 Å². The minimum Gasteiger partial charge on any atom is -0.376 e. The van der Waals surface area contributed by atoms with Gasteiger partial charge in [-0.15, -0.1) is 0 Å². The van der Waals surface area contributed by atoms with Gasteiger partial charge in [-0.2, -0.15) is 0 Å². The molecule has 0 N–H and O–H groups in total. The second-order valence-corrected chi connectivity index (χ2v) is 4.97. The van der Waals surface area contributed by atoms with Gasteiger partial charge in [0.15, 0.2) is 0 Å². The van der Waals surface area contributed by atoms with Crippen LogP contribution in [0, 0.1) is 0 Å². The van der Waals surface area contributed by atoms with Gasteiger partial charge in [0.1, 0.15) is 0 Å². The standard InChI is InChI=1S/C12H27NO/c1-6-7-9-13(5)10-8-11-14-12(2,3)4/h6-11H2,1-5H3. The molecule has 0 spiro atoms. The minimum absolute atomic E-state index is 0.0159. The molecular formula is C12H27NO. The van der Waals surface area contributed by atoms with Gasteiger partial charge in [-0.25, -0.2) is 0 Å². The van der Waals surface area contributed by atoms with Crippen molar-refractivity contribution in [1.29, 1.82) is 0 Å². The van der Waals surface area contributed by atoms with E-state index in [-0.39, 0.29) is 5.60 Å². The maximum atomic E-state index is 5.66. The van der Waals surface area contributed by atoms with E-state index in [2.05, 4.69) is 39.6 Å². The Kier molecular flexibility index (Phi) is 7.20. The fourth-order valence-electron chi connectivity index (χ4n) is 1.25. The Morgan fingerprint density at radius 3 is 2.14 bits per heavy atom. The lowest BCUT2D eigenvalue weighted by atomic mass is 10.2. The first-order valence-electron chi connectivity index (χ1n) is 5.78. The van der Waals surface area contributed by atoms with Crippen LogP contribution in [0.3, 0.4) is 0 Å². The van der Waals surface area contributed by atoms with Gasteiger partial charge in [0, 0.05) is 13.2 Å². The quantitative estimate of drug-likeness (QED) is 0.587. The Hall–Kier alpha value is -0.0800. The molecule has 0 amide bonds. The molecule has 0 saturated heterocycles. The highest BCUT2D eigenvalue weighted by Gasteiger charge is 2.09. The van der Waals surface area contributed by atoms with Crippen molar-refractivity contribution >= 4 is 0 Å². The zero-order valence-electron chi connectivity index (χ0n) is 10.6. The Balaban J connectivity index is 3.27. The molecule has 0 aromatic heterocycles. The van der Waals surface area contributed by atoms with Crippen LogP contribution in [0.15, 0.2) is 0 Å². The maximum Gasteiger partial charge on any atom is 0.0598 e. The Morgan fingerprint density at radius 1 is 1.07 bits per heavy atom. The zero-order chi connectivity index (χ0) is 11.0. The Morgan fingerprint density at radius 2 is 1.64 bits per heavy atom. The van der Waals surface area contributed by atoms with E-state index in [4.69, 9.17) is 4.74 Å². The highest BCUT2D eigenvalue weighted by molar-refractivity contribution is 4.59. The molecule has 86 valence electrons. The van der Waals surface area contributed by atoms with Crippen molar-refractivity contribution in [1.82, 2.24) is 4.90 Å². The van der Waals surface area contributed by atoms with Gasteiger partial charge >= 0.3 is 0 Å². The molecule has 0 aliphatic heterocycles. The van der Waals surface area contributed by atoms with Crippen LogP contribution in [-0.2, 0) is 4.74 Å². The fourth-order valence-corrected chi connectivity index (χ4v) is 1.25. The van der Waals surface area contributed by atoms with E-state index in [0.717, 1.165) is 19.6 Å². The first kappa shape index (κ1) is 13.9. The van der Waals surface area contributed by atoms with E-state index in [0.29, 0.717) is 0 Å². The van der Waals surface area contributed by atoms with Crippen LogP contribution in [0.5, 0.6) is 0 Å². The van der Waals surface area contributed by atoms with Crippen LogP contribution < -0.4 is 0 Å². The Labute approximate surface area is 89.6 Å². The molecule has 0 heterocycles. The summed E-state index contributed by atoms with van der Waals surface area (Å²) in [6, 6.07) is 0. The molecule has 0 unspecified atom stereocenters.